The van der Waals surface area contributed by atoms with Gasteiger partial charge in [-0.2, -0.15) is 0 Å². The minimum atomic E-state index is 0.159. The van der Waals surface area contributed by atoms with Gasteiger partial charge in [0.15, 0.2) is 0 Å². The highest BCUT2D eigenvalue weighted by atomic mass is 16.4. The molecular weight excluding hydrogens is 310 g/mol. The van der Waals surface area contributed by atoms with E-state index in [1.165, 1.54) is 95.2 Å². The molecule has 0 fully saturated rings. The molecule has 0 unspecified atom stereocenters. The highest BCUT2D eigenvalue weighted by Crippen LogP contribution is 2.19. The van der Waals surface area contributed by atoms with Crippen LogP contribution in [0.5, 0.6) is 5.75 Å². The van der Waals surface area contributed by atoms with E-state index < -0.39 is 0 Å². The van der Waals surface area contributed by atoms with Crippen LogP contribution >= 0.6 is 0 Å². The minimum absolute atomic E-state index is 0.159. The number of nitrogens with zero attached hydrogens (tertiary/aromatic N) is 1. The summed E-state index contributed by atoms with van der Waals surface area (Å²) >= 11 is 0. The Hall–Kier alpha value is -1.51. The fraction of sp³-hybridized carbons (Fsp3) is 0.682. The van der Waals surface area contributed by atoms with Crippen LogP contribution in [0.3, 0.4) is 0 Å². The summed E-state index contributed by atoms with van der Waals surface area (Å²) in [6.07, 6.45) is 20.0. The van der Waals surface area contributed by atoms with Crippen LogP contribution in [0.2, 0.25) is 0 Å². The molecule has 0 saturated carbocycles. The second kappa shape index (κ2) is 14.8. The Balaban J connectivity index is 1.96. The monoisotopic (exact) mass is 347 g/mol. The van der Waals surface area contributed by atoms with Gasteiger partial charge in [0, 0.05) is 5.56 Å². The smallest absolute Gasteiger partial charge is 0.124 e. The van der Waals surface area contributed by atoms with Gasteiger partial charge in [0.1, 0.15) is 5.75 Å². The summed E-state index contributed by atoms with van der Waals surface area (Å²) in [5.41, 5.74) is 1.77. The molecule has 0 amide bonds. The Bertz CT molecular complexity index is 471. The second-order valence-corrected chi connectivity index (χ2v) is 7.13. The number of hydrogen-bond donors (Lipinski definition) is 2. The number of rotatable bonds is 15. The Labute approximate surface area is 154 Å². The molecule has 2 N–H and O–H groups in total. The standard InChI is InChI=1S/C22H37NO2/c1-2-3-4-5-6-7-8-9-10-11-12-13-14-15-20-16-17-22(24)21(18-20)19-23-25/h16-19,24-25H,2-15H2,1H3/b23-19-. The van der Waals surface area contributed by atoms with E-state index in [9.17, 15) is 5.11 Å². The molecule has 25 heavy (non-hydrogen) atoms. The molecule has 0 saturated heterocycles. The van der Waals surface area contributed by atoms with E-state index in [0.717, 1.165) is 6.42 Å². The van der Waals surface area contributed by atoms with Gasteiger partial charge in [-0.25, -0.2) is 0 Å². The first-order valence-corrected chi connectivity index (χ1v) is 10.3. The molecule has 0 atom stereocenters. The van der Waals surface area contributed by atoms with Gasteiger partial charge in [0.05, 0.1) is 6.21 Å². The van der Waals surface area contributed by atoms with Crippen molar-refractivity contribution >= 4 is 6.21 Å². The highest BCUT2D eigenvalue weighted by molar-refractivity contribution is 5.83. The summed E-state index contributed by atoms with van der Waals surface area (Å²) in [6, 6.07) is 5.52. The summed E-state index contributed by atoms with van der Waals surface area (Å²) in [5.74, 6) is 0.159. The molecule has 3 nitrogen and oxygen atoms in total. The van der Waals surface area contributed by atoms with E-state index in [0.29, 0.717) is 5.56 Å². The number of benzene rings is 1. The van der Waals surface area contributed by atoms with Gasteiger partial charge in [0.2, 0.25) is 0 Å². The first-order valence-electron chi connectivity index (χ1n) is 10.3. The highest BCUT2D eigenvalue weighted by Gasteiger charge is 2.01. The minimum Gasteiger partial charge on any atom is -0.507 e. The molecule has 0 aliphatic rings. The predicted octanol–water partition coefficient (Wildman–Crippen LogP) is 6.83. The summed E-state index contributed by atoms with van der Waals surface area (Å²) in [4.78, 5) is 0. The summed E-state index contributed by atoms with van der Waals surface area (Å²) < 4.78 is 0. The average molecular weight is 348 g/mol. The number of phenolic OH excluding ortho intramolecular Hbond substituents is 1. The number of hydrogen-bond acceptors (Lipinski definition) is 3. The van der Waals surface area contributed by atoms with E-state index in [4.69, 9.17) is 5.21 Å². The number of aryl methyl sites for hydroxylation is 1. The van der Waals surface area contributed by atoms with Gasteiger partial charge >= 0.3 is 0 Å². The molecule has 0 bridgehead atoms. The summed E-state index contributed by atoms with van der Waals surface area (Å²) in [6.45, 7) is 2.27. The second-order valence-electron chi connectivity index (χ2n) is 7.13. The topological polar surface area (TPSA) is 52.8 Å². The van der Waals surface area contributed by atoms with E-state index >= 15 is 0 Å². The normalized spacial score (nSPS) is 11.4. The van der Waals surface area contributed by atoms with Crippen LogP contribution in [0, 0.1) is 0 Å². The van der Waals surface area contributed by atoms with Gasteiger partial charge in [-0.15, -0.1) is 0 Å². The Kier molecular flexibility index (Phi) is 12.7. The summed E-state index contributed by atoms with van der Waals surface area (Å²) in [7, 11) is 0. The zero-order valence-corrected chi connectivity index (χ0v) is 16.1. The average Bonchev–Trinajstić information content (AvgIpc) is 2.62. The molecule has 1 aromatic carbocycles. The third-order valence-electron chi connectivity index (χ3n) is 4.86. The van der Waals surface area contributed by atoms with Gasteiger partial charge < -0.3 is 10.3 Å². The van der Waals surface area contributed by atoms with Crippen molar-refractivity contribution in [3.8, 4) is 5.75 Å². The van der Waals surface area contributed by atoms with Gasteiger partial charge in [0.25, 0.3) is 0 Å². The van der Waals surface area contributed by atoms with Crippen molar-refractivity contribution in [2.24, 2.45) is 5.16 Å². The summed E-state index contributed by atoms with van der Waals surface area (Å²) in [5, 5.41) is 21.2. The van der Waals surface area contributed by atoms with Gasteiger partial charge in [-0.05, 0) is 30.5 Å². The first-order chi connectivity index (χ1) is 12.3. The maximum atomic E-state index is 9.65. The fourth-order valence-electron chi connectivity index (χ4n) is 3.27. The van der Waals surface area contributed by atoms with Crippen LogP contribution in [0.4, 0.5) is 0 Å². The number of unbranched alkanes of at least 4 members (excludes halogenated alkanes) is 12. The molecule has 1 aromatic rings. The molecule has 1 rings (SSSR count). The lowest BCUT2D eigenvalue weighted by Crippen LogP contribution is -1.90. The molecular formula is C22H37NO2. The quantitative estimate of drug-likeness (QED) is 0.158. The lowest BCUT2D eigenvalue weighted by atomic mass is 10.0. The van der Waals surface area contributed by atoms with Gasteiger partial charge in [-0.1, -0.05) is 95.2 Å². The third-order valence-corrected chi connectivity index (χ3v) is 4.86. The largest absolute Gasteiger partial charge is 0.507 e. The van der Waals surface area contributed by atoms with Crippen molar-refractivity contribution in [3.05, 3.63) is 29.3 Å². The van der Waals surface area contributed by atoms with Crippen LogP contribution in [0.1, 0.15) is 102 Å². The molecule has 0 spiro atoms. The lowest BCUT2D eigenvalue weighted by molar-refractivity contribution is 0.321. The lowest BCUT2D eigenvalue weighted by Gasteiger charge is -2.05. The molecule has 3 heteroatoms. The molecule has 0 aliphatic heterocycles. The van der Waals surface area contributed by atoms with E-state index in [1.54, 1.807) is 6.07 Å². The van der Waals surface area contributed by atoms with E-state index in [1.807, 2.05) is 12.1 Å². The first kappa shape index (κ1) is 21.5. The maximum absolute atomic E-state index is 9.65. The number of phenols is 1. The Morgan fingerprint density at radius 1 is 0.800 bits per heavy atom. The molecule has 0 aromatic heterocycles. The molecule has 0 aliphatic carbocycles. The number of aromatic hydroxyl groups is 1. The van der Waals surface area contributed by atoms with Crippen molar-refractivity contribution in [3.63, 3.8) is 0 Å². The van der Waals surface area contributed by atoms with Crippen LogP contribution in [0.15, 0.2) is 23.4 Å². The Morgan fingerprint density at radius 2 is 1.32 bits per heavy atom. The fourth-order valence-corrected chi connectivity index (χ4v) is 3.27. The SMILES string of the molecule is CCCCCCCCCCCCCCCc1ccc(O)c(/C=N\O)c1. The van der Waals surface area contributed by atoms with Crippen molar-refractivity contribution < 1.29 is 10.3 Å². The Morgan fingerprint density at radius 3 is 1.84 bits per heavy atom. The van der Waals surface area contributed by atoms with Crippen LogP contribution in [0.25, 0.3) is 0 Å². The number of oxime groups is 1. The van der Waals surface area contributed by atoms with E-state index in [-0.39, 0.29) is 5.75 Å². The van der Waals surface area contributed by atoms with Crippen molar-refractivity contribution in [1.82, 2.24) is 0 Å². The predicted molar refractivity (Wildman–Crippen MR) is 107 cm³/mol. The van der Waals surface area contributed by atoms with Crippen LogP contribution < -0.4 is 0 Å². The molecule has 0 radical (unpaired) electrons. The van der Waals surface area contributed by atoms with Crippen LogP contribution in [-0.2, 0) is 6.42 Å². The zero-order valence-electron chi connectivity index (χ0n) is 16.1. The zero-order chi connectivity index (χ0) is 18.2. The van der Waals surface area contributed by atoms with E-state index in [2.05, 4.69) is 12.1 Å². The molecule has 0 heterocycles. The van der Waals surface area contributed by atoms with Gasteiger partial charge in [-0.3, -0.25) is 0 Å². The van der Waals surface area contributed by atoms with Crippen molar-refractivity contribution in [2.75, 3.05) is 0 Å². The van der Waals surface area contributed by atoms with Crippen LogP contribution in [-0.4, -0.2) is 16.5 Å². The van der Waals surface area contributed by atoms with Crippen molar-refractivity contribution in [2.45, 2.75) is 96.8 Å². The molecule has 142 valence electrons. The van der Waals surface area contributed by atoms with Crippen molar-refractivity contribution in [1.29, 1.82) is 0 Å². The maximum Gasteiger partial charge on any atom is 0.124 e. The third kappa shape index (κ3) is 10.9.